The molecule has 0 saturated heterocycles. The summed E-state index contributed by atoms with van der Waals surface area (Å²) in [4.78, 5) is 15.7. The molecule has 0 bridgehead atoms. The predicted octanol–water partition coefficient (Wildman–Crippen LogP) is 2.72. The van der Waals surface area contributed by atoms with Crippen LogP contribution in [0.25, 0.3) is 11.4 Å². The topological polar surface area (TPSA) is 117 Å². The van der Waals surface area contributed by atoms with E-state index in [1.54, 1.807) is 31.2 Å². The summed E-state index contributed by atoms with van der Waals surface area (Å²) in [7, 11) is -4.31. The van der Waals surface area contributed by atoms with Gasteiger partial charge >= 0.3 is 6.18 Å². The number of aromatic amines is 1. The number of sulfonamides is 1. The number of aryl methyl sites for hydroxylation is 1. The number of nitrogens with one attached hydrogen (secondary N) is 3. The third-order valence-corrected chi connectivity index (χ3v) is 5.30. The van der Waals surface area contributed by atoms with E-state index in [2.05, 4.69) is 20.5 Å². The Morgan fingerprint density at radius 2 is 1.87 bits per heavy atom. The van der Waals surface area contributed by atoms with Gasteiger partial charge in [0.15, 0.2) is 5.82 Å². The minimum atomic E-state index is -4.68. The van der Waals surface area contributed by atoms with Gasteiger partial charge in [-0.25, -0.2) is 18.1 Å². The van der Waals surface area contributed by atoms with Gasteiger partial charge in [0.1, 0.15) is 5.82 Å². The summed E-state index contributed by atoms with van der Waals surface area (Å²) in [6.07, 6.45) is -4.68. The van der Waals surface area contributed by atoms with Crippen molar-refractivity contribution in [3.63, 3.8) is 0 Å². The van der Waals surface area contributed by atoms with Crippen LogP contribution in [0.15, 0.2) is 53.4 Å². The van der Waals surface area contributed by atoms with Gasteiger partial charge in [-0.15, -0.1) is 0 Å². The fraction of sp³-hybridized carbons (Fsp3) is 0.167. The summed E-state index contributed by atoms with van der Waals surface area (Å²) >= 11 is 0. The zero-order chi connectivity index (χ0) is 21.9. The highest BCUT2D eigenvalue weighted by Gasteiger charge is 2.31. The lowest BCUT2D eigenvalue weighted by molar-refractivity contribution is -0.137. The fourth-order valence-electron chi connectivity index (χ4n) is 2.50. The lowest BCUT2D eigenvalue weighted by Gasteiger charge is -2.11. The number of halogens is 3. The van der Waals surface area contributed by atoms with Crippen LogP contribution >= 0.6 is 0 Å². The Morgan fingerprint density at radius 1 is 1.13 bits per heavy atom. The van der Waals surface area contributed by atoms with Crippen LogP contribution in [0.3, 0.4) is 0 Å². The van der Waals surface area contributed by atoms with E-state index in [1.165, 1.54) is 0 Å². The molecule has 12 heteroatoms. The highest BCUT2D eigenvalue weighted by atomic mass is 32.2. The minimum absolute atomic E-state index is 0.373. The van der Waals surface area contributed by atoms with Crippen molar-refractivity contribution in [3.8, 4) is 11.4 Å². The second kappa shape index (κ2) is 8.24. The first-order valence-electron chi connectivity index (χ1n) is 8.51. The average molecular weight is 439 g/mol. The Labute approximate surface area is 169 Å². The number of amides is 1. The van der Waals surface area contributed by atoms with Gasteiger partial charge in [0.2, 0.25) is 15.9 Å². The number of H-pyrrole nitrogens is 1. The number of carbonyl (C=O) groups is 1. The van der Waals surface area contributed by atoms with Gasteiger partial charge in [-0.3, -0.25) is 9.89 Å². The standard InChI is InChI=1S/C18H16F3N5O3S/c1-11-23-17(26-25-11)12-4-2-6-14(8-12)24-16(27)10-22-30(28,29)15-7-3-5-13(9-15)18(19,20)21/h2-9,22H,10H2,1H3,(H,24,27)(H,23,25,26). The molecule has 0 radical (unpaired) electrons. The largest absolute Gasteiger partial charge is 0.416 e. The predicted molar refractivity (Wildman–Crippen MR) is 102 cm³/mol. The number of hydrogen-bond donors (Lipinski definition) is 3. The molecule has 0 saturated carbocycles. The fourth-order valence-corrected chi connectivity index (χ4v) is 3.52. The van der Waals surface area contributed by atoms with Crippen LogP contribution in [0.5, 0.6) is 0 Å². The quantitative estimate of drug-likeness (QED) is 0.546. The first-order valence-corrected chi connectivity index (χ1v) is 9.99. The van der Waals surface area contributed by atoms with E-state index >= 15 is 0 Å². The molecule has 0 aliphatic rings. The van der Waals surface area contributed by atoms with E-state index in [0.29, 0.717) is 29.0 Å². The van der Waals surface area contributed by atoms with E-state index in [1.807, 2.05) is 4.72 Å². The number of hydrogen-bond acceptors (Lipinski definition) is 5. The Morgan fingerprint density at radius 3 is 2.53 bits per heavy atom. The van der Waals surface area contributed by atoms with Gasteiger partial charge in [0, 0.05) is 11.3 Å². The number of benzene rings is 2. The Hall–Kier alpha value is -3.25. The number of rotatable bonds is 6. The molecule has 158 valence electrons. The van der Waals surface area contributed by atoms with Gasteiger partial charge in [-0.2, -0.15) is 18.3 Å². The normalized spacial score (nSPS) is 12.0. The van der Waals surface area contributed by atoms with Crippen molar-refractivity contribution in [2.75, 3.05) is 11.9 Å². The van der Waals surface area contributed by atoms with Crippen LogP contribution < -0.4 is 10.0 Å². The molecular formula is C18H16F3N5O3S. The van der Waals surface area contributed by atoms with Crippen molar-refractivity contribution in [1.29, 1.82) is 0 Å². The summed E-state index contributed by atoms with van der Waals surface area (Å²) in [5.41, 5.74) is -0.103. The molecular weight excluding hydrogens is 423 g/mol. The number of carbonyl (C=O) groups excluding carboxylic acids is 1. The van der Waals surface area contributed by atoms with E-state index < -0.39 is 39.1 Å². The Kier molecular flexibility index (Phi) is 5.89. The molecule has 1 amide bonds. The molecule has 1 aromatic heterocycles. The first-order chi connectivity index (χ1) is 14.0. The molecule has 3 rings (SSSR count). The molecule has 30 heavy (non-hydrogen) atoms. The summed E-state index contributed by atoms with van der Waals surface area (Å²) in [5, 5.41) is 9.22. The van der Waals surface area contributed by atoms with Crippen LogP contribution in [0.1, 0.15) is 11.4 Å². The number of aromatic nitrogens is 3. The second-order valence-corrected chi connectivity index (χ2v) is 7.99. The zero-order valence-corrected chi connectivity index (χ0v) is 16.3. The smallest absolute Gasteiger partial charge is 0.325 e. The maximum Gasteiger partial charge on any atom is 0.416 e. The van der Waals surface area contributed by atoms with Gasteiger partial charge < -0.3 is 5.32 Å². The number of anilines is 1. The van der Waals surface area contributed by atoms with Gasteiger partial charge in [-0.05, 0) is 37.3 Å². The van der Waals surface area contributed by atoms with Crippen LogP contribution in [0.2, 0.25) is 0 Å². The molecule has 3 aromatic rings. The van der Waals surface area contributed by atoms with Crippen molar-refractivity contribution < 1.29 is 26.4 Å². The lowest BCUT2D eigenvalue weighted by atomic mass is 10.2. The molecule has 8 nitrogen and oxygen atoms in total. The molecule has 2 aromatic carbocycles. The van der Waals surface area contributed by atoms with Gasteiger partial charge in [0.25, 0.3) is 0 Å². The molecule has 1 heterocycles. The summed E-state index contributed by atoms with van der Waals surface area (Å²) in [6.45, 7) is 1.07. The molecule has 0 spiro atoms. The average Bonchev–Trinajstić information content (AvgIpc) is 3.13. The molecule has 0 atom stereocenters. The maximum atomic E-state index is 12.8. The van der Waals surface area contributed by atoms with E-state index in [9.17, 15) is 26.4 Å². The van der Waals surface area contributed by atoms with Crippen molar-refractivity contribution in [1.82, 2.24) is 19.9 Å². The van der Waals surface area contributed by atoms with E-state index in [-0.39, 0.29) is 0 Å². The summed E-state index contributed by atoms with van der Waals surface area (Å²) in [5.74, 6) is 0.339. The summed E-state index contributed by atoms with van der Waals surface area (Å²) < 4.78 is 64.8. The lowest BCUT2D eigenvalue weighted by Crippen LogP contribution is -2.33. The van der Waals surface area contributed by atoms with Crippen molar-refractivity contribution in [3.05, 3.63) is 59.9 Å². The van der Waals surface area contributed by atoms with Gasteiger partial charge in [-0.1, -0.05) is 18.2 Å². The third kappa shape index (κ3) is 5.21. The van der Waals surface area contributed by atoms with Crippen LogP contribution in [0, 0.1) is 6.92 Å². The minimum Gasteiger partial charge on any atom is -0.325 e. The molecule has 3 N–H and O–H groups in total. The first kappa shape index (κ1) is 21.5. The van der Waals surface area contributed by atoms with E-state index in [0.717, 1.165) is 18.2 Å². The van der Waals surface area contributed by atoms with Crippen molar-refractivity contribution in [2.24, 2.45) is 0 Å². The van der Waals surface area contributed by atoms with Gasteiger partial charge in [0.05, 0.1) is 17.0 Å². The maximum absolute atomic E-state index is 12.8. The van der Waals surface area contributed by atoms with Crippen LogP contribution in [0.4, 0.5) is 18.9 Å². The number of nitrogens with zero attached hydrogens (tertiary/aromatic N) is 2. The molecule has 0 aliphatic heterocycles. The van der Waals surface area contributed by atoms with E-state index in [4.69, 9.17) is 0 Å². The Bertz CT molecular complexity index is 1180. The zero-order valence-electron chi connectivity index (χ0n) is 15.5. The second-order valence-electron chi connectivity index (χ2n) is 6.22. The third-order valence-electron chi connectivity index (χ3n) is 3.90. The highest BCUT2D eigenvalue weighted by molar-refractivity contribution is 7.89. The number of alkyl halides is 3. The Balaban J connectivity index is 1.66. The monoisotopic (exact) mass is 439 g/mol. The molecule has 0 fully saturated rings. The molecule has 0 aliphatic carbocycles. The molecule has 0 unspecified atom stereocenters. The van der Waals surface area contributed by atoms with Crippen LogP contribution in [-0.4, -0.2) is 36.1 Å². The van der Waals surface area contributed by atoms with Crippen LogP contribution in [-0.2, 0) is 21.0 Å². The highest BCUT2D eigenvalue weighted by Crippen LogP contribution is 2.30. The SMILES string of the molecule is Cc1nc(-c2cccc(NC(=O)CNS(=O)(=O)c3cccc(C(F)(F)F)c3)c2)n[nH]1. The van der Waals surface area contributed by atoms with Crippen molar-refractivity contribution >= 4 is 21.6 Å². The van der Waals surface area contributed by atoms with Crippen molar-refractivity contribution in [2.45, 2.75) is 18.0 Å². The summed E-state index contributed by atoms with van der Waals surface area (Å²) in [6, 6.07) is 9.82.